The predicted octanol–water partition coefficient (Wildman–Crippen LogP) is -0.367. The highest BCUT2D eigenvalue weighted by atomic mass is 32.1. The Bertz CT molecular complexity index is 408. The fourth-order valence-corrected chi connectivity index (χ4v) is 1.58. The van der Waals surface area contributed by atoms with Crippen molar-refractivity contribution in [3.8, 4) is 0 Å². The van der Waals surface area contributed by atoms with Crippen molar-refractivity contribution in [2.24, 2.45) is 11.5 Å². The Hall–Kier alpha value is -1.53. The Morgan fingerprint density at radius 3 is 2.81 bits per heavy atom. The zero-order valence-electron chi connectivity index (χ0n) is 9.01. The number of thiocarbonyl (C=S) groups is 1. The summed E-state index contributed by atoms with van der Waals surface area (Å²) in [5.74, 6) is -0.372. The fraction of sp³-hybridized carbons (Fsp3) is 0.300. The van der Waals surface area contributed by atoms with Crippen LogP contribution in [0, 0.1) is 0 Å². The lowest BCUT2D eigenvalue weighted by molar-refractivity contribution is -0.118. The molecular weight excluding hydrogens is 224 g/mol. The number of rotatable bonds is 5. The molecule has 1 aromatic rings. The van der Waals surface area contributed by atoms with Gasteiger partial charge in [-0.15, -0.1) is 0 Å². The van der Waals surface area contributed by atoms with E-state index < -0.39 is 0 Å². The smallest absolute Gasteiger partial charge is 0.231 e. The van der Waals surface area contributed by atoms with Crippen molar-refractivity contribution in [3.05, 3.63) is 29.6 Å². The standard InChI is InChI=1S/C10H14N4OS/c1-14(6-8(11)15)5-7-3-2-4-13-9(7)10(12)16/h2-4H,5-6H2,1H3,(H2,11,15)(H2,12,16). The molecule has 0 radical (unpaired) electrons. The van der Waals surface area contributed by atoms with Gasteiger partial charge in [0.05, 0.1) is 6.54 Å². The van der Waals surface area contributed by atoms with Crippen LogP contribution in [0.1, 0.15) is 11.3 Å². The summed E-state index contributed by atoms with van der Waals surface area (Å²) >= 11 is 4.90. The second-order valence-electron chi connectivity index (χ2n) is 3.51. The molecular formula is C10H14N4OS. The predicted molar refractivity (Wildman–Crippen MR) is 65.7 cm³/mol. The van der Waals surface area contributed by atoms with Gasteiger partial charge in [-0.1, -0.05) is 18.3 Å². The van der Waals surface area contributed by atoms with Crippen molar-refractivity contribution >= 4 is 23.1 Å². The number of nitrogens with two attached hydrogens (primary N) is 2. The van der Waals surface area contributed by atoms with Crippen LogP contribution in [-0.4, -0.2) is 34.4 Å². The summed E-state index contributed by atoms with van der Waals surface area (Å²) in [6, 6.07) is 3.67. The van der Waals surface area contributed by atoms with Gasteiger partial charge in [-0.25, -0.2) is 0 Å². The van der Waals surface area contributed by atoms with Gasteiger partial charge >= 0.3 is 0 Å². The van der Waals surface area contributed by atoms with Crippen molar-refractivity contribution in [2.75, 3.05) is 13.6 Å². The third kappa shape index (κ3) is 3.56. The van der Waals surface area contributed by atoms with Crippen LogP contribution >= 0.6 is 12.2 Å². The maximum atomic E-state index is 10.7. The lowest BCUT2D eigenvalue weighted by Gasteiger charge is -2.16. The van der Waals surface area contributed by atoms with Crippen LogP contribution in [0.15, 0.2) is 18.3 Å². The lowest BCUT2D eigenvalue weighted by Crippen LogP contribution is -2.31. The average molecular weight is 238 g/mol. The summed E-state index contributed by atoms with van der Waals surface area (Å²) in [6.45, 7) is 0.717. The van der Waals surface area contributed by atoms with Gasteiger partial charge in [-0.05, 0) is 18.7 Å². The van der Waals surface area contributed by atoms with Crippen LogP contribution in [-0.2, 0) is 11.3 Å². The molecule has 1 heterocycles. The van der Waals surface area contributed by atoms with Gasteiger partial charge in [0, 0.05) is 12.7 Å². The molecule has 0 atom stereocenters. The number of amides is 1. The number of hydrogen-bond donors (Lipinski definition) is 2. The highest BCUT2D eigenvalue weighted by Gasteiger charge is 2.09. The molecule has 16 heavy (non-hydrogen) atoms. The van der Waals surface area contributed by atoms with E-state index in [9.17, 15) is 4.79 Å². The summed E-state index contributed by atoms with van der Waals surface area (Å²) < 4.78 is 0. The van der Waals surface area contributed by atoms with Crippen molar-refractivity contribution in [2.45, 2.75) is 6.54 Å². The summed E-state index contributed by atoms with van der Waals surface area (Å²) in [5, 5.41) is 0. The Labute approximate surface area is 99.4 Å². The number of carbonyl (C=O) groups is 1. The molecule has 0 saturated heterocycles. The van der Waals surface area contributed by atoms with Gasteiger partial charge in [-0.3, -0.25) is 14.7 Å². The lowest BCUT2D eigenvalue weighted by atomic mass is 10.2. The van der Waals surface area contributed by atoms with E-state index in [4.69, 9.17) is 23.7 Å². The largest absolute Gasteiger partial charge is 0.388 e. The van der Waals surface area contributed by atoms with Gasteiger partial charge in [0.1, 0.15) is 10.7 Å². The fourth-order valence-electron chi connectivity index (χ4n) is 1.40. The zero-order chi connectivity index (χ0) is 12.1. The molecule has 6 heteroatoms. The van der Waals surface area contributed by atoms with Crippen LogP contribution in [0.25, 0.3) is 0 Å². The number of likely N-dealkylation sites (N-methyl/N-ethyl adjacent to an activating group) is 1. The van der Waals surface area contributed by atoms with E-state index in [1.165, 1.54) is 0 Å². The third-order valence-corrected chi connectivity index (χ3v) is 2.18. The van der Waals surface area contributed by atoms with E-state index in [1.54, 1.807) is 24.2 Å². The highest BCUT2D eigenvalue weighted by Crippen LogP contribution is 2.07. The minimum absolute atomic E-state index is 0.186. The van der Waals surface area contributed by atoms with E-state index >= 15 is 0 Å². The van der Waals surface area contributed by atoms with E-state index in [0.717, 1.165) is 5.56 Å². The number of primary amides is 1. The monoisotopic (exact) mass is 238 g/mol. The van der Waals surface area contributed by atoms with Crippen LogP contribution in [0.3, 0.4) is 0 Å². The number of hydrogen-bond acceptors (Lipinski definition) is 4. The number of aromatic nitrogens is 1. The van der Waals surface area contributed by atoms with Crippen LogP contribution in [0.5, 0.6) is 0 Å². The van der Waals surface area contributed by atoms with Crippen molar-refractivity contribution < 1.29 is 4.79 Å². The van der Waals surface area contributed by atoms with Crippen LogP contribution in [0.2, 0.25) is 0 Å². The summed E-state index contributed by atoms with van der Waals surface area (Å²) in [4.78, 5) is 16.9. The molecule has 0 fully saturated rings. The molecule has 0 aromatic carbocycles. The first-order valence-corrected chi connectivity index (χ1v) is 5.12. The maximum Gasteiger partial charge on any atom is 0.231 e. The van der Waals surface area contributed by atoms with E-state index in [-0.39, 0.29) is 17.4 Å². The van der Waals surface area contributed by atoms with Gasteiger partial charge in [0.2, 0.25) is 5.91 Å². The Morgan fingerprint density at radius 1 is 1.56 bits per heavy atom. The molecule has 0 aliphatic carbocycles. The van der Waals surface area contributed by atoms with Crippen molar-refractivity contribution in [3.63, 3.8) is 0 Å². The zero-order valence-corrected chi connectivity index (χ0v) is 9.83. The highest BCUT2D eigenvalue weighted by molar-refractivity contribution is 7.80. The molecule has 5 nitrogen and oxygen atoms in total. The van der Waals surface area contributed by atoms with Crippen molar-refractivity contribution in [1.82, 2.24) is 9.88 Å². The first-order valence-electron chi connectivity index (χ1n) is 4.71. The second kappa shape index (κ2) is 5.53. The van der Waals surface area contributed by atoms with Crippen molar-refractivity contribution in [1.29, 1.82) is 0 Å². The van der Waals surface area contributed by atoms with Gasteiger partial charge < -0.3 is 11.5 Å². The molecule has 0 aliphatic heterocycles. The van der Waals surface area contributed by atoms with Crippen LogP contribution < -0.4 is 11.5 Å². The van der Waals surface area contributed by atoms with E-state index in [1.807, 2.05) is 6.07 Å². The minimum Gasteiger partial charge on any atom is -0.388 e. The maximum absolute atomic E-state index is 10.7. The molecule has 4 N–H and O–H groups in total. The summed E-state index contributed by atoms with van der Waals surface area (Å²) in [6.07, 6.45) is 1.63. The molecule has 1 rings (SSSR count). The van der Waals surface area contributed by atoms with E-state index in [2.05, 4.69) is 4.98 Å². The molecule has 0 saturated carbocycles. The first-order chi connectivity index (χ1) is 7.50. The molecule has 0 unspecified atom stereocenters. The topological polar surface area (TPSA) is 85.2 Å². The Morgan fingerprint density at radius 2 is 2.25 bits per heavy atom. The third-order valence-electron chi connectivity index (χ3n) is 1.99. The molecule has 0 spiro atoms. The normalized spacial score (nSPS) is 10.4. The van der Waals surface area contributed by atoms with Gasteiger partial charge in [0.25, 0.3) is 0 Å². The second-order valence-corrected chi connectivity index (χ2v) is 3.95. The van der Waals surface area contributed by atoms with Crippen LogP contribution in [0.4, 0.5) is 0 Å². The van der Waals surface area contributed by atoms with Gasteiger partial charge in [0.15, 0.2) is 0 Å². The average Bonchev–Trinajstić information content (AvgIpc) is 2.16. The SMILES string of the molecule is CN(CC(N)=O)Cc1cccnc1C(N)=S. The summed E-state index contributed by atoms with van der Waals surface area (Å²) in [5.41, 5.74) is 12.1. The first kappa shape index (κ1) is 12.5. The number of carbonyl (C=O) groups excluding carboxylic acids is 1. The minimum atomic E-state index is -0.372. The van der Waals surface area contributed by atoms with E-state index in [0.29, 0.717) is 12.2 Å². The molecule has 86 valence electrons. The Kier molecular flexibility index (Phi) is 4.33. The number of pyridine rings is 1. The van der Waals surface area contributed by atoms with Gasteiger partial charge in [-0.2, -0.15) is 0 Å². The quantitative estimate of drug-likeness (QED) is 0.684. The molecule has 1 amide bonds. The Balaban J connectivity index is 2.80. The molecule has 0 aliphatic rings. The molecule has 1 aromatic heterocycles. The molecule has 0 bridgehead atoms. The number of nitrogens with zero attached hydrogens (tertiary/aromatic N) is 2. The summed E-state index contributed by atoms with van der Waals surface area (Å²) in [7, 11) is 1.79.